The molecule has 0 aromatic carbocycles. The van der Waals surface area contributed by atoms with E-state index in [2.05, 4.69) is 24.5 Å². The lowest BCUT2D eigenvalue weighted by atomic mass is 10.1. The summed E-state index contributed by atoms with van der Waals surface area (Å²) < 4.78 is 35.2. The lowest BCUT2D eigenvalue weighted by Crippen LogP contribution is -2.35. The van der Waals surface area contributed by atoms with Gasteiger partial charge in [-0.1, -0.05) is 13.8 Å². The summed E-state index contributed by atoms with van der Waals surface area (Å²) in [7, 11) is 0. The number of carbonyl (C=O) groups is 1. The summed E-state index contributed by atoms with van der Waals surface area (Å²) in [6.45, 7) is 4.95. The first-order valence-electron chi connectivity index (χ1n) is 5.49. The molecule has 1 amide bonds. The first-order chi connectivity index (χ1) is 7.81. The molecule has 0 rings (SSSR count). The molecule has 102 valence electrons. The Kier molecular flexibility index (Phi) is 8.41. The SMILES string of the molecule is CC(C)CCNC(=O)CNCCSC(F)(F)F. The largest absolute Gasteiger partial charge is 0.441 e. The number of amides is 1. The number of rotatable bonds is 8. The first-order valence-corrected chi connectivity index (χ1v) is 6.48. The van der Waals surface area contributed by atoms with E-state index >= 15 is 0 Å². The topological polar surface area (TPSA) is 41.1 Å². The molecule has 0 aromatic rings. The minimum Gasteiger partial charge on any atom is -0.355 e. The standard InChI is InChI=1S/C10H19F3N2OS/c1-8(2)3-4-15-9(16)7-14-5-6-17-10(11,12)13/h8,14H,3-7H2,1-2H3,(H,15,16). The molecule has 0 atom stereocenters. The predicted octanol–water partition coefficient (Wildman–Crippen LogP) is 1.99. The number of halogens is 3. The van der Waals surface area contributed by atoms with Crippen molar-refractivity contribution >= 4 is 17.7 Å². The van der Waals surface area contributed by atoms with E-state index in [4.69, 9.17) is 0 Å². The van der Waals surface area contributed by atoms with E-state index in [1.54, 1.807) is 0 Å². The molecule has 0 spiro atoms. The van der Waals surface area contributed by atoms with Crippen LogP contribution in [-0.4, -0.2) is 36.8 Å². The van der Waals surface area contributed by atoms with E-state index in [1.165, 1.54) is 0 Å². The molecule has 0 aliphatic heterocycles. The Morgan fingerprint density at radius 2 is 1.94 bits per heavy atom. The molecule has 0 saturated carbocycles. The van der Waals surface area contributed by atoms with Gasteiger partial charge in [0.2, 0.25) is 5.91 Å². The fourth-order valence-corrected chi connectivity index (χ4v) is 1.48. The van der Waals surface area contributed by atoms with Crippen LogP contribution in [-0.2, 0) is 4.79 Å². The molecular formula is C10H19F3N2OS. The maximum absolute atomic E-state index is 11.7. The van der Waals surface area contributed by atoms with Crippen molar-refractivity contribution < 1.29 is 18.0 Å². The molecule has 0 heterocycles. The number of nitrogens with one attached hydrogen (secondary N) is 2. The smallest absolute Gasteiger partial charge is 0.355 e. The number of hydrogen-bond acceptors (Lipinski definition) is 3. The van der Waals surface area contributed by atoms with Gasteiger partial charge in [0.25, 0.3) is 0 Å². The molecule has 0 fully saturated rings. The highest BCUT2D eigenvalue weighted by Crippen LogP contribution is 2.29. The minimum atomic E-state index is -4.19. The molecule has 0 saturated heterocycles. The third-order valence-corrected chi connectivity index (χ3v) is 2.61. The maximum atomic E-state index is 11.7. The second-order valence-electron chi connectivity index (χ2n) is 4.00. The third kappa shape index (κ3) is 13.5. The van der Waals surface area contributed by atoms with E-state index in [0.717, 1.165) is 6.42 Å². The van der Waals surface area contributed by atoms with E-state index in [1.807, 2.05) is 0 Å². The molecule has 0 unspecified atom stereocenters. The van der Waals surface area contributed by atoms with Crippen molar-refractivity contribution in [2.24, 2.45) is 5.92 Å². The number of thioether (sulfide) groups is 1. The lowest BCUT2D eigenvalue weighted by Gasteiger charge is -2.08. The molecule has 17 heavy (non-hydrogen) atoms. The van der Waals surface area contributed by atoms with Crippen LogP contribution in [0.3, 0.4) is 0 Å². The minimum absolute atomic E-state index is 0.0660. The van der Waals surface area contributed by atoms with Gasteiger partial charge in [-0.15, -0.1) is 0 Å². The zero-order chi connectivity index (χ0) is 13.3. The molecule has 0 aromatic heterocycles. The number of alkyl halides is 3. The van der Waals surface area contributed by atoms with Crippen LogP contribution in [0.15, 0.2) is 0 Å². The third-order valence-electron chi connectivity index (χ3n) is 1.87. The van der Waals surface area contributed by atoms with Gasteiger partial charge in [0, 0.05) is 18.8 Å². The van der Waals surface area contributed by atoms with Crippen molar-refractivity contribution in [2.45, 2.75) is 25.8 Å². The van der Waals surface area contributed by atoms with Crippen LogP contribution in [0.1, 0.15) is 20.3 Å². The highest BCUT2D eigenvalue weighted by molar-refractivity contribution is 8.00. The Balaban J connectivity index is 3.34. The van der Waals surface area contributed by atoms with Crippen LogP contribution in [0.5, 0.6) is 0 Å². The second kappa shape index (κ2) is 8.63. The van der Waals surface area contributed by atoms with Gasteiger partial charge in [-0.25, -0.2) is 0 Å². The summed E-state index contributed by atoms with van der Waals surface area (Å²) in [6.07, 6.45) is 0.898. The molecule has 0 aliphatic carbocycles. The van der Waals surface area contributed by atoms with Crippen molar-refractivity contribution in [3.63, 3.8) is 0 Å². The predicted molar refractivity (Wildman–Crippen MR) is 63.8 cm³/mol. The summed E-state index contributed by atoms with van der Waals surface area (Å²) in [4.78, 5) is 11.2. The summed E-state index contributed by atoms with van der Waals surface area (Å²) in [5.74, 6) is 0.261. The van der Waals surface area contributed by atoms with E-state index in [0.29, 0.717) is 12.5 Å². The quantitative estimate of drug-likeness (QED) is 0.664. The zero-order valence-corrected chi connectivity index (χ0v) is 10.9. The highest BCUT2D eigenvalue weighted by atomic mass is 32.2. The van der Waals surface area contributed by atoms with Gasteiger partial charge >= 0.3 is 5.51 Å². The Morgan fingerprint density at radius 3 is 2.47 bits per heavy atom. The van der Waals surface area contributed by atoms with Crippen LogP contribution in [0, 0.1) is 5.92 Å². The second-order valence-corrected chi connectivity index (χ2v) is 5.16. The van der Waals surface area contributed by atoms with Gasteiger partial charge in [-0.05, 0) is 24.1 Å². The van der Waals surface area contributed by atoms with Crippen LogP contribution >= 0.6 is 11.8 Å². The van der Waals surface area contributed by atoms with Crippen LogP contribution < -0.4 is 10.6 Å². The Labute approximate surface area is 104 Å². The summed E-state index contributed by atoms with van der Waals surface area (Å²) in [5, 5.41) is 5.35. The Morgan fingerprint density at radius 1 is 1.29 bits per heavy atom. The lowest BCUT2D eigenvalue weighted by molar-refractivity contribution is -0.120. The summed E-state index contributed by atoms with van der Waals surface area (Å²) >= 11 is -0.0872. The van der Waals surface area contributed by atoms with Crippen molar-refractivity contribution in [2.75, 3.05) is 25.4 Å². The molecule has 3 nitrogen and oxygen atoms in total. The van der Waals surface area contributed by atoms with Crippen LogP contribution in [0.4, 0.5) is 13.2 Å². The molecule has 2 N–H and O–H groups in total. The van der Waals surface area contributed by atoms with Crippen molar-refractivity contribution in [1.29, 1.82) is 0 Å². The molecule has 0 bridgehead atoms. The highest BCUT2D eigenvalue weighted by Gasteiger charge is 2.27. The van der Waals surface area contributed by atoms with E-state index in [9.17, 15) is 18.0 Å². The number of carbonyl (C=O) groups excluding carboxylic acids is 1. The fraction of sp³-hybridized carbons (Fsp3) is 0.900. The molecule has 0 aliphatic rings. The number of hydrogen-bond donors (Lipinski definition) is 2. The van der Waals surface area contributed by atoms with Crippen LogP contribution in [0.2, 0.25) is 0 Å². The average Bonchev–Trinajstić information content (AvgIpc) is 2.14. The summed E-state index contributed by atoms with van der Waals surface area (Å²) in [6, 6.07) is 0. The normalized spacial score (nSPS) is 11.9. The van der Waals surface area contributed by atoms with Crippen molar-refractivity contribution in [1.82, 2.24) is 10.6 Å². The molecule has 7 heteroatoms. The van der Waals surface area contributed by atoms with Gasteiger partial charge < -0.3 is 10.6 Å². The Bertz CT molecular complexity index is 222. The van der Waals surface area contributed by atoms with Gasteiger partial charge in [0.05, 0.1) is 6.54 Å². The van der Waals surface area contributed by atoms with Crippen molar-refractivity contribution in [3.8, 4) is 0 Å². The molecular weight excluding hydrogens is 253 g/mol. The van der Waals surface area contributed by atoms with Crippen molar-refractivity contribution in [3.05, 3.63) is 0 Å². The van der Waals surface area contributed by atoms with Gasteiger partial charge in [-0.3, -0.25) is 4.79 Å². The summed E-state index contributed by atoms with van der Waals surface area (Å²) in [5.41, 5.74) is -4.19. The fourth-order valence-electron chi connectivity index (χ4n) is 1.00. The van der Waals surface area contributed by atoms with E-state index in [-0.39, 0.29) is 36.5 Å². The van der Waals surface area contributed by atoms with Gasteiger partial charge in [-0.2, -0.15) is 13.2 Å². The first kappa shape index (κ1) is 16.6. The zero-order valence-electron chi connectivity index (χ0n) is 10.1. The maximum Gasteiger partial charge on any atom is 0.441 e. The Hall–Kier alpha value is -0.430. The molecule has 0 radical (unpaired) electrons. The van der Waals surface area contributed by atoms with Gasteiger partial charge in [0.15, 0.2) is 0 Å². The monoisotopic (exact) mass is 272 g/mol. The van der Waals surface area contributed by atoms with Crippen LogP contribution in [0.25, 0.3) is 0 Å². The average molecular weight is 272 g/mol. The van der Waals surface area contributed by atoms with Gasteiger partial charge in [0.1, 0.15) is 0 Å². The van der Waals surface area contributed by atoms with E-state index < -0.39 is 5.51 Å².